The first-order valence-electron chi connectivity index (χ1n) is 5.73. The number of nitrogens with zero attached hydrogens (tertiary/aromatic N) is 3. The molecule has 2 heterocycles. The minimum absolute atomic E-state index is 0.317. The van der Waals surface area contributed by atoms with Crippen LogP contribution < -0.4 is 4.90 Å². The normalized spacial score (nSPS) is 10.9. The zero-order valence-electron chi connectivity index (χ0n) is 11.0. The van der Waals surface area contributed by atoms with E-state index in [1.165, 1.54) is 17.7 Å². The SMILES string of the molecule is COCCN(C)c1ncnc2sc(C(=O)O)c(C)c12. The molecule has 0 aliphatic carbocycles. The molecule has 0 aromatic carbocycles. The van der Waals surface area contributed by atoms with Gasteiger partial charge in [-0.25, -0.2) is 14.8 Å². The number of anilines is 1. The maximum absolute atomic E-state index is 11.2. The van der Waals surface area contributed by atoms with E-state index >= 15 is 0 Å². The highest BCUT2D eigenvalue weighted by atomic mass is 32.1. The molecule has 0 spiro atoms. The van der Waals surface area contributed by atoms with Gasteiger partial charge in [0.05, 0.1) is 12.0 Å². The molecule has 0 fully saturated rings. The van der Waals surface area contributed by atoms with E-state index in [1.807, 2.05) is 11.9 Å². The lowest BCUT2D eigenvalue weighted by Gasteiger charge is -2.18. The zero-order valence-corrected chi connectivity index (χ0v) is 11.8. The van der Waals surface area contributed by atoms with E-state index in [-0.39, 0.29) is 0 Å². The first-order chi connectivity index (χ1) is 9.06. The second kappa shape index (κ2) is 5.50. The quantitative estimate of drug-likeness (QED) is 0.900. The molecule has 2 aromatic rings. The number of thiophene rings is 1. The first-order valence-corrected chi connectivity index (χ1v) is 6.55. The molecule has 0 amide bonds. The molecule has 19 heavy (non-hydrogen) atoms. The second-order valence-corrected chi connectivity index (χ2v) is 5.15. The summed E-state index contributed by atoms with van der Waals surface area (Å²) in [7, 11) is 3.54. The Labute approximate surface area is 114 Å². The molecular weight excluding hydrogens is 266 g/mol. The van der Waals surface area contributed by atoms with Crippen LogP contribution in [-0.2, 0) is 4.74 Å². The van der Waals surface area contributed by atoms with Crippen LogP contribution in [0.3, 0.4) is 0 Å². The maximum Gasteiger partial charge on any atom is 0.346 e. The van der Waals surface area contributed by atoms with E-state index < -0.39 is 5.97 Å². The van der Waals surface area contributed by atoms with Crippen molar-refractivity contribution in [1.82, 2.24) is 9.97 Å². The predicted octanol–water partition coefficient (Wildman–Crippen LogP) is 1.78. The lowest BCUT2D eigenvalue weighted by Crippen LogP contribution is -2.23. The van der Waals surface area contributed by atoms with Gasteiger partial charge in [0, 0.05) is 20.7 Å². The number of ether oxygens (including phenoxy) is 1. The summed E-state index contributed by atoms with van der Waals surface area (Å²) in [5, 5.41) is 9.98. The summed E-state index contributed by atoms with van der Waals surface area (Å²) >= 11 is 1.18. The summed E-state index contributed by atoms with van der Waals surface area (Å²) < 4.78 is 5.04. The minimum Gasteiger partial charge on any atom is -0.477 e. The molecule has 2 rings (SSSR count). The van der Waals surface area contributed by atoms with E-state index in [4.69, 9.17) is 9.84 Å². The third-order valence-corrected chi connectivity index (χ3v) is 4.08. The fourth-order valence-electron chi connectivity index (χ4n) is 1.88. The zero-order chi connectivity index (χ0) is 14.0. The molecule has 0 bridgehead atoms. The third kappa shape index (κ3) is 2.52. The van der Waals surface area contributed by atoms with Crippen LogP contribution in [0.15, 0.2) is 6.33 Å². The number of hydrogen-bond acceptors (Lipinski definition) is 6. The lowest BCUT2D eigenvalue weighted by atomic mass is 10.2. The molecule has 0 unspecified atom stereocenters. The number of aromatic carboxylic acids is 1. The van der Waals surface area contributed by atoms with E-state index in [0.717, 1.165) is 11.2 Å². The van der Waals surface area contributed by atoms with Crippen molar-refractivity contribution in [2.45, 2.75) is 6.92 Å². The van der Waals surface area contributed by atoms with E-state index in [2.05, 4.69) is 9.97 Å². The van der Waals surface area contributed by atoms with Crippen LogP contribution in [0.1, 0.15) is 15.2 Å². The van der Waals surface area contributed by atoms with E-state index in [1.54, 1.807) is 14.0 Å². The van der Waals surface area contributed by atoms with Crippen molar-refractivity contribution in [3.05, 3.63) is 16.8 Å². The molecule has 1 N–H and O–H groups in total. The Bertz CT molecular complexity index is 612. The number of methoxy groups -OCH3 is 1. The van der Waals surface area contributed by atoms with Crippen molar-refractivity contribution < 1.29 is 14.6 Å². The van der Waals surface area contributed by atoms with E-state index in [0.29, 0.717) is 28.4 Å². The molecule has 0 aliphatic heterocycles. The molecular formula is C12H15N3O3S. The van der Waals surface area contributed by atoms with Crippen LogP contribution in [0.2, 0.25) is 0 Å². The summed E-state index contributed by atoms with van der Waals surface area (Å²) in [6.07, 6.45) is 1.46. The number of likely N-dealkylation sites (N-methyl/N-ethyl adjacent to an activating group) is 1. The number of carboxylic acid groups (broad SMARTS) is 1. The second-order valence-electron chi connectivity index (χ2n) is 4.15. The monoisotopic (exact) mass is 281 g/mol. The minimum atomic E-state index is -0.925. The average molecular weight is 281 g/mol. The van der Waals surface area contributed by atoms with Crippen LogP contribution in [-0.4, -0.2) is 48.4 Å². The fraction of sp³-hybridized carbons (Fsp3) is 0.417. The fourth-order valence-corrected chi connectivity index (χ4v) is 2.86. The van der Waals surface area contributed by atoms with Gasteiger partial charge in [0.25, 0.3) is 0 Å². The number of fused-ring (bicyclic) bond motifs is 1. The number of hydrogen-bond donors (Lipinski definition) is 1. The Morgan fingerprint density at radius 2 is 2.26 bits per heavy atom. The molecule has 7 heteroatoms. The van der Waals surface area contributed by atoms with Crippen LogP contribution >= 0.6 is 11.3 Å². The lowest BCUT2D eigenvalue weighted by molar-refractivity contribution is 0.0701. The Hall–Kier alpha value is -1.73. The van der Waals surface area contributed by atoms with Gasteiger partial charge in [-0.15, -0.1) is 11.3 Å². The average Bonchev–Trinajstić information content (AvgIpc) is 2.73. The van der Waals surface area contributed by atoms with Gasteiger partial charge in [0.2, 0.25) is 0 Å². The predicted molar refractivity (Wildman–Crippen MR) is 74.3 cm³/mol. The van der Waals surface area contributed by atoms with Gasteiger partial charge in [-0.2, -0.15) is 0 Å². The number of carboxylic acids is 1. The van der Waals surface area contributed by atoms with Gasteiger partial charge in [-0.1, -0.05) is 0 Å². The van der Waals surface area contributed by atoms with Crippen molar-refractivity contribution in [2.75, 3.05) is 32.2 Å². The van der Waals surface area contributed by atoms with Crippen LogP contribution in [0.25, 0.3) is 10.2 Å². The maximum atomic E-state index is 11.2. The summed E-state index contributed by atoms with van der Waals surface area (Å²) in [6, 6.07) is 0. The number of aryl methyl sites for hydroxylation is 1. The van der Waals surface area contributed by atoms with Gasteiger partial charge in [0.15, 0.2) is 0 Å². The first kappa shape index (κ1) is 13.7. The molecule has 0 atom stereocenters. The van der Waals surface area contributed by atoms with Gasteiger partial charge < -0.3 is 14.7 Å². The molecule has 102 valence electrons. The Morgan fingerprint density at radius 3 is 2.89 bits per heavy atom. The van der Waals surface area contributed by atoms with Crippen LogP contribution in [0.5, 0.6) is 0 Å². The van der Waals surface area contributed by atoms with E-state index in [9.17, 15) is 4.79 Å². The topological polar surface area (TPSA) is 75.5 Å². The van der Waals surface area contributed by atoms with Crippen LogP contribution in [0, 0.1) is 6.92 Å². The highest BCUT2D eigenvalue weighted by molar-refractivity contribution is 7.20. The standard InChI is InChI=1S/C12H15N3O3S/c1-7-8-10(15(2)4-5-18-3)13-6-14-11(8)19-9(7)12(16)17/h6H,4-5H2,1-3H3,(H,16,17). The van der Waals surface area contributed by atoms with Gasteiger partial charge in [-0.3, -0.25) is 0 Å². The number of rotatable bonds is 5. The molecule has 0 aliphatic rings. The highest BCUT2D eigenvalue weighted by Crippen LogP contribution is 2.34. The number of carbonyl (C=O) groups is 1. The Kier molecular flexibility index (Phi) is 3.96. The number of aromatic nitrogens is 2. The summed E-state index contributed by atoms with van der Waals surface area (Å²) in [5.74, 6) is -0.186. The van der Waals surface area contributed by atoms with Gasteiger partial charge >= 0.3 is 5.97 Å². The van der Waals surface area contributed by atoms with Crippen molar-refractivity contribution >= 4 is 33.3 Å². The van der Waals surface area contributed by atoms with Crippen molar-refractivity contribution in [3.8, 4) is 0 Å². The molecule has 0 saturated carbocycles. The van der Waals surface area contributed by atoms with Crippen molar-refractivity contribution in [1.29, 1.82) is 0 Å². The summed E-state index contributed by atoms with van der Waals surface area (Å²) in [4.78, 5) is 22.6. The summed E-state index contributed by atoms with van der Waals surface area (Å²) in [5.41, 5.74) is 0.715. The smallest absolute Gasteiger partial charge is 0.346 e. The molecule has 0 radical (unpaired) electrons. The van der Waals surface area contributed by atoms with Crippen molar-refractivity contribution in [2.24, 2.45) is 0 Å². The summed E-state index contributed by atoms with van der Waals surface area (Å²) in [6.45, 7) is 3.05. The third-order valence-electron chi connectivity index (χ3n) is 2.89. The highest BCUT2D eigenvalue weighted by Gasteiger charge is 2.19. The largest absolute Gasteiger partial charge is 0.477 e. The van der Waals surface area contributed by atoms with Crippen molar-refractivity contribution in [3.63, 3.8) is 0 Å². The van der Waals surface area contributed by atoms with Crippen LogP contribution in [0.4, 0.5) is 5.82 Å². The molecule has 2 aromatic heterocycles. The molecule has 0 saturated heterocycles. The van der Waals surface area contributed by atoms with Gasteiger partial charge in [-0.05, 0) is 12.5 Å². The molecule has 6 nitrogen and oxygen atoms in total. The Morgan fingerprint density at radius 1 is 1.53 bits per heavy atom. The van der Waals surface area contributed by atoms with Gasteiger partial charge in [0.1, 0.15) is 21.9 Å². The Balaban J connectivity index is 2.53.